The average molecular weight is 306 g/mol. The van der Waals surface area contributed by atoms with Crippen LogP contribution in [-0.2, 0) is 4.79 Å². The molecule has 1 aliphatic carbocycles. The molecule has 0 N–H and O–H groups in total. The van der Waals surface area contributed by atoms with Crippen molar-refractivity contribution in [3.8, 4) is 0 Å². The minimum absolute atomic E-state index is 0.0405. The van der Waals surface area contributed by atoms with Gasteiger partial charge < -0.3 is 4.57 Å². The number of thiocarbonyl (C=S) groups is 1. The van der Waals surface area contributed by atoms with Crippen LogP contribution in [0, 0.1) is 13.8 Å². The van der Waals surface area contributed by atoms with E-state index in [-0.39, 0.29) is 5.91 Å². The van der Waals surface area contributed by atoms with E-state index in [4.69, 9.17) is 12.2 Å². The Kier molecular flexibility index (Phi) is 3.50. The van der Waals surface area contributed by atoms with Crippen molar-refractivity contribution in [2.75, 3.05) is 6.54 Å². The Balaban J connectivity index is 1.95. The van der Waals surface area contributed by atoms with E-state index in [2.05, 4.69) is 24.5 Å². The maximum Gasteiger partial charge on any atom is 0.266 e. The van der Waals surface area contributed by atoms with Crippen molar-refractivity contribution in [3.63, 3.8) is 0 Å². The fraction of sp³-hybridized carbons (Fsp3) is 0.467. The summed E-state index contributed by atoms with van der Waals surface area (Å²) in [6.45, 7) is 6.87. The highest BCUT2D eigenvalue weighted by molar-refractivity contribution is 8.26. The molecule has 1 saturated heterocycles. The van der Waals surface area contributed by atoms with Crippen LogP contribution in [0.1, 0.15) is 42.8 Å². The van der Waals surface area contributed by atoms with Crippen LogP contribution in [0.15, 0.2) is 11.0 Å². The number of hydrogen-bond donors (Lipinski definition) is 0. The molecule has 1 saturated carbocycles. The van der Waals surface area contributed by atoms with E-state index in [0.717, 1.165) is 10.5 Å². The van der Waals surface area contributed by atoms with Gasteiger partial charge in [0.05, 0.1) is 4.91 Å². The van der Waals surface area contributed by atoms with E-state index >= 15 is 0 Å². The second-order valence-corrected chi connectivity index (χ2v) is 7.03. The van der Waals surface area contributed by atoms with Gasteiger partial charge in [-0.05, 0) is 51.3 Å². The second-order valence-electron chi connectivity index (χ2n) is 5.35. The van der Waals surface area contributed by atoms with E-state index in [1.54, 1.807) is 4.90 Å². The lowest BCUT2D eigenvalue weighted by atomic mass is 10.2. The average Bonchev–Trinajstić information content (AvgIpc) is 3.12. The summed E-state index contributed by atoms with van der Waals surface area (Å²) in [5.74, 6) is 0.0405. The van der Waals surface area contributed by atoms with Crippen molar-refractivity contribution in [3.05, 3.63) is 27.9 Å². The third-order valence-electron chi connectivity index (χ3n) is 3.91. The highest BCUT2D eigenvalue weighted by atomic mass is 32.2. The first kappa shape index (κ1) is 13.9. The first-order valence-electron chi connectivity index (χ1n) is 6.96. The molecule has 20 heavy (non-hydrogen) atoms. The lowest BCUT2D eigenvalue weighted by molar-refractivity contribution is -0.121. The van der Waals surface area contributed by atoms with Crippen LogP contribution >= 0.6 is 24.0 Å². The second kappa shape index (κ2) is 5.04. The Hall–Kier alpha value is -1.07. The zero-order valence-electron chi connectivity index (χ0n) is 12.0. The van der Waals surface area contributed by atoms with E-state index in [1.165, 1.54) is 36.0 Å². The molecule has 1 aliphatic heterocycles. The van der Waals surface area contributed by atoms with Crippen LogP contribution in [0.3, 0.4) is 0 Å². The van der Waals surface area contributed by atoms with Gasteiger partial charge in [0.1, 0.15) is 4.32 Å². The van der Waals surface area contributed by atoms with Crippen LogP contribution in [0.5, 0.6) is 0 Å². The van der Waals surface area contributed by atoms with Crippen LogP contribution in [-0.4, -0.2) is 26.2 Å². The number of carbonyl (C=O) groups excluding carboxylic acids is 1. The number of carbonyl (C=O) groups is 1. The summed E-state index contributed by atoms with van der Waals surface area (Å²) in [6.07, 6.45) is 4.54. The first-order chi connectivity index (χ1) is 9.52. The summed E-state index contributed by atoms with van der Waals surface area (Å²) in [4.78, 5) is 14.6. The molecule has 3 rings (SSSR count). The van der Waals surface area contributed by atoms with Crippen molar-refractivity contribution in [1.82, 2.24) is 9.47 Å². The third-order valence-corrected chi connectivity index (χ3v) is 5.29. The normalized spacial score (nSPS) is 21.4. The number of aromatic nitrogens is 1. The zero-order valence-corrected chi connectivity index (χ0v) is 13.6. The number of hydrogen-bond acceptors (Lipinski definition) is 3. The molecule has 2 heterocycles. The van der Waals surface area contributed by atoms with E-state index in [9.17, 15) is 4.79 Å². The highest BCUT2D eigenvalue weighted by Crippen LogP contribution is 2.39. The molecule has 2 aliphatic rings. The topological polar surface area (TPSA) is 25.2 Å². The van der Waals surface area contributed by atoms with Gasteiger partial charge in [-0.1, -0.05) is 24.0 Å². The number of thioether (sulfide) groups is 1. The van der Waals surface area contributed by atoms with Crippen molar-refractivity contribution < 1.29 is 4.79 Å². The Labute approximate surface area is 129 Å². The van der Waals surface area contributed by atoms with Gasteiger partial charge in [-0.2, -0.15) is 0 Å². The number of likely N-dealkylation sites (N-methyl/N-ethyl adjacent to an activating group) is 1. The van der Waals surface area contributed by atoms with Crippen LogP contribution in [0.4, 0.5) is 0 Å². The standard InChI is InChI=1S/C15H18N2OS2/c1-4-16-14(18)13(20-15(16)19)8-11-7-9(2)17(10(11)3)12-5-6-12/h7-8,12H,4-6H2,1-3H3/b13-8-. The van der Waals surface area contributed by atoms with E-state index in [1.807, 2.05) is 13.0 Å². The third kappa shape index (κ3) is 2.23. The molecule has 0 atom stereocenters. The van der Waals surface area contributed by atoms with Gasteiger partial charge in [-0.3, -0.25) is 9.69 Å². The fourth-order valence-corrected chi connectivity index (χ4v) is 4.13. The number of aryl methyl sites for hydroxylation is 1. The van der Waals surface area contributed by atoms with Crippen molar-refractivity contribution in [2.45, 2.75) is 39.7 Å². The molecule has 5 heteroatoms. The van der Waals surface area contributed by atoms with Crippen molar-refractivity contribution >= 4 is 40.3 Å². The number of amides is 1. The summed E-state index contributed by atoms with van der Waals surface area (Å²) in [5, 5.41) is 0. The minimum Gasteiger partial charge on any atom is -0.346 e. The maximum absolute atomic E-state index is 12.2. The predicted octanol–water partition coefficient (Wildman–Crippen LogP) is 3.66. The quantitative estimate of drug-likeness (QED) is 0.629. The molecule has 1 aromatic rings. The fourth-order valence-electron chi connectivity index (χ4n) is 2.76. The minimum atomic E-state index is 0.0405. The summed E-state index contributed by atoms with van der Waals surface area (Å²) in [5.41, 5.74) is 3.68. The highest BCUT2D eigenvalue weighted by Gasteiger charge is 2.31. The van der Waals surface area contributed by atoms with Crippen LogP contribution < -0.4 is 0 Å². The molecule has 2 fully saturated rings. The molecule has 3 nitrogen and oxygen atoms in total. The number of rotatable bonds is 3. The summed E-state index contributed by atoms with van der Waals surface area (Å²) >= 11 is 6.66. The predicted molar refractivity (Wildman–Crippen MR) is 87.7 cm³/mol. The lowest BCUT2D eigenvalue weighted by Crippen LogP contribution is -2.27. The Morgan fingerprint density at radius 1 is 1.45 bits per heavy atom. The van der Waals surface area contributed by atoms with E-state index < -0.39 is 0 Å². The van der Waals surface area contributed by atoms with Gasteiger partial charge in [0.15, 0.2) is 0 Å². The maximum atomic E-state index is 12.2. The molecule has 1 amide bonds. The van der Waals surface area contributed by atoms with Gasteiger partial charge in [-0.25, -0.2) is 0 Å². The summed E-state index contributed by atoms with van der Waals surface area (Å²) in [7, 11) is 0. The molecule has 1 aromatic heterocycles. The smallest absolute Gasteiger partial charge is 0.266 e. The van der Waals surface area contributed by atoms with Crippen LogP contribution in [0.2, 0.25) is 0 Å². The summed E-state index contributed by atoms with van der Waals surface area (Å²) < 4.78 is 3.06. The number of nitrogens with zero attached hydrogens (tertiary/aromatic N) is 2. The lowest BCUT2D eigenvalue weighted by Gasteiger charge is -2.09. The molecular formula is C15H18N2OS2. The molecule has 0 spiro atoms. The largest absolute Gasteiger partial charge is 0.346 e. The monoisotopic (exact) mass is 306 g/mol. The molecule has 106 valence electrons. The van der Waals surface area contributed by atoms with Gasteiger partial charge in [0, 0.05) is 24.0 Å². The Bertz CT molecular complexity index is 626. The van der Waals surface area contributed by atoms with Gasteiger partial charge in [0.2, 0.25) is 0 Å². The molecule has 0 bridgehead atoms. The van der Waals surface area contributed by atoms with Gasteiger partial charge in [-0.15, -0.1) is 0 Å². The van der Waals surface area contributed by atoms with E-state index in [0.29, 0.717) is 16.9 Å². The van der Waals surface area contributed by atoms with Crippen molar-refractivity contribution in [1.29, 1.82) is 0 Å². The molecular weight excluding hydrogens is 288 g/mol. The van der Waals surface area contributed by atoms with Crippen LogP contribution in [0.25, 0.3) is 6.08 Å². The SMILES string of the molecule is CCN1C(=O)/C(=C/c2cc(C)n(C3CC3)c2C)SC1=S. The summed E-state index contributed by atoms with van der Waals surface area (Å²) in [6, 6.07) is 2.84. The van der Waals surface area contributed by atoms with Gasteiger partial charge in [0.25, 0.3) is 5.91 Å². The molecule has 0 unspecified atom stereocenters. The van der Waals surface area contributed by atoms with Gasteiger partial charge >= 0.3 is 0 Å². The zero-order chi connectivity index (χ0) is 14.4. The van der Waals surface area contributed by atoms with Crippen molar-refractivity contribution in [2.24, 2.45) is 0 Å². The first-order valence-corrected chi connectivity index (χ1v) is 8.19. The molecule has 0 radical (unpaired) electrons. The molecule has 0 aromatic carbocycles. The Morgan fingerprint density at radius 3 is 2.70 bits per heavy atom. The Morgan fingerprint density at radius 2 is 2.15 bits per heavy atom.